The van der Waals surface area contributed by atoms with Gasteiger partial charge >= 0.3 is 0 Å². The lowest BCUT2D eigenvalue weighted by atomic mass is 10.0. The van der Waals surface area contributed by atoms with Crippen molar-refractivity contribution in [3.05, 3.63) is 23.9 Å². The van der Waals surface area contributed by atoms with E-state index < -0.39 is 0 Å². The average molecular weight is 233 g/mol. The van der Waals surface area contributed by atoms with Gasteiger partial charge in [-0.25, -0.2) is 4.98 Å². The number of pyridine rings is 1. The van der Waals surface area contributed by atoms with Crippen LogP contribution in [-0.4, -0.2) is 18.1 Å². The van der Waals surface area contributed by atoms with Crippen LogP contribution >= 0.6 is 0 Å². The van der Waals surface area contributed by atoms with E-state index in [0.29, 0.717) is 0 Å². The molecule has 1 aromatic heterocycles. The summed E-state index contributed by atoms with van der Waals surface area (Å²) in [4.78, 5) is 6.92. The summed E-state index contributed by atoms with van der Waals surface area (Å²) in [5, 5.41) is 0. The Morgan fingerprint density at radius 3 is 3.12 bits per heavy atom. The van der Waals surface area contributed by atoms with Crippen molar-refractivity contribution < 1.29 is 0 Å². The summed E-state index contributed by atoms with van der Waals surface area (Å²) >= 11 is 0. The molecule has 2 rings (SSSR count). The van der Waals surface area contributed by atoms with Gasteiger partial charge in [0.2, 0.25) is 0 Å². The number of aromatic nitrogens is 1. The maximum atomic E-state index is 6.01. The van der Waals surface area contributed by atoms with E-state index in [9.17, 15) is 0 Å². The zero-order valence-electron chi connectivity index (χ0n) is 10.9. The summed E-state index contributed by atoms with van der Waals surface area (Å²) in [5.41, 5.74) is 7.18. The molecule has 2 heterocycles. The first-order chi connectivity index (χ1) is 8.22. The van der Waals surface area contributed by atoms with E-state index >= 15 is 0 Å². The molecule has 0 bridgehead atoms. The van der Waals surface area contributed by atoms with Gasteiger partial charge in [-0.1, -0.05) is 19.4 Å². The van der Waals surface area contributed by atoms with E-state index in [-0.39, 0.29) is 6.04 Å². The smallest absolute Gasteiger partial charge is 0.133 e. The van der Waals surface area contributed by atoms with Crippen LogP contribution in [0.25, 0.3) is 0 Å². The fraction of sp³-hybridized carbons (Fsp3) is 0.643. The molecule has 2 atom stereocenters. The Bertz CT molecular complexity index is 362. The number of hydrogen-bond donors (Lipinski definition) is 1. The summed E-state index contributed by atoms with van der Waals surface area (Å²) < 4.78 is 0. The van der Waals surface area contributed by atoms with Crippen molar-refractivity contribution in [1.82, 2.24) is 4.98 Å². The number of anilines is 1. The van der Waals surface area contributed by atoms with Gasteiger partial charge in [-0.15, -0.1) is 0 Å². The van der Waals surface area contributed by atoms with Crippen molar-refractivity contribution in [2.45, 2.75) is 39.2 Å². The minimum absolute atomic E-state index is 0.0592. The zero-order valence-corrected chi connectivity index (χ0v) is 10.9. The van der Waals surface area contributed by atoms with Crippen LogP contribution in [0.3, 0.4) is 0 Å². The summed E-state index contributed by atoms with van der Waals surface area (Å²) in [6.07, 6.45) is 5.77. The van der Waals surface area contributed by atoms with E-state index in [2.05, 4.69) is 22.9 Å². The van der Waals surface area contributed by atoms with Gasteiger partial charge in [0.1, 0.15) is 5.82 Å². The highest BCUT2D eigenvalue weighted by molar-refractivity contribution is 5.49. The zero-order chi connectivity index (χ0) is 12.3. The molecule has 94 valence electrons. The molecule has 2 unspecified atom stereocenters. The van der Waals surface area contributed by atoms with Crippen LogP contribution in [0, 0.1) is 5.92 Å². The van der Waals surface area contributed by atoms with E-state index in [1.54, 1.807) is 0 Å². The molecule has 0 amide bonds. The third-order valence-electron chi connectivity index (χ3n) is 3.59. The topological polar surface area (TPSA) is 42.2 Å². The summed E-state index contributed by atoms with van der Waals surface area (Å²) in [5.74, 6) is 1.93. The Balaban J connectivity index is 2.13. The van der Waals surface area contributed by atoms with E-state index in [1.807, 2.05) is 19.2 Å². The Morgan fingerprint density at radius 1 is 1.59 bits per heavy atom. The highest BCUT2D eigenvalue weighted by atomic mass is 15.2. The van der Waals surface area contributed by atoms with Gasteiger partial charge in [0.05, 0.1) is 0 Å². The van der Waals surface area contributed by atoms with Crippen molar-refractivity contribution in [3.63, 3.8) is 0 Å². The molecule has 0 aliphatic carbocycles. The SMILES string of the molecule is CCCC1CCN(c2ncccc2C(C)N)C1. The number of nitrogens with zero attached hydrogens (tertiary/aromatic N) is 2. The normalized spacial score (nSPS) is 21.8. The van der Waals surface area contributed by atoms with E-state index in [0.717, 1.165) is 24.8 Å². The quantitative estimate of drug-likeness (QED) is 0.869. The van der Waals surface area contributed by atoms with Crippen LogP contribution in [-0.2, 0) is 0 Å². The van der Waals surface area contributed by atoms with Crippen molar-refractivity contribution >= 4 is 5.82 Å². The fourth-order valence-electron chi connectivity index (χ4n) is 2.70. The van der Waals surface area contributed by atoms with Crippen molar-refractivity contribution in [2.75, 3.05) is 18.0 Å². The lowest BCUT2D eigenvalue weighted by Crippen LogP contribution is -2.23. The number of rotatable bonds is 4. The molecule has 1 aliphatic heterocycles. The van der Waals surface area contributed by atoms with Gasteiger partial charge in [-0.3, -0.25) is 0 Å². The fourth-order valence-corrected chi connectivity index (χ4v) is 2.70. The Labute approximate surface area is 104 Å². The van der Waals surface area contributed by atoms with Crippen molar-refractivity contribution in [2.24, 2.45) is 11.7 Å². The Hall–Kier alpha value is -1.09. The standard InChI is InChI=1S/C14H23N3/c1-3-5-12-7-9-17(10-12)14-13(11(2)15)6-4-8-16-14/h4,6,8,11-12H,3,5,7,9-10,15H2,1-2H3. The van der Waals surface area contributed by atoms with Gasteiger partial charge in [-0.05, 0) is 31.7 Å². The molecule has 3 nitrogen and oxygen atoms in total. The first kappa shape index (κ1) is 12.4. The summed E-state index contributed by atoms with van der Waals surface area (Å²) in [6, 6.07) is 4.13. The highest BCUT2D eigenvalue weighted by Crippen LogP contribution is 2.29. The molecular weight excluding hydrogens is 210 g/mol. The molecular formula is C14H23N3. The molecule has 0 aromatic carbocycles. The van der Waals surface area contributed by atoms with Crippen LogP contribution in [0.5, 0.6) is 0 Å². The minimum atomic E-state index is 0.0592. The molecule has 2 N–H and O–H groups in total. The maximum absolute atomic E-state index is 6.01. The highest BCUT2D eigenvalue weighted by Gasteiger charge is 2.24. The first-order valence-corrected chi connectivity index (χ1v) is 6.67. The molecule has 1 saturated heterocycles. The monoisotopic (exact) mass is 233 g/mol. The van der Waals surface area contributed by atoms with Crippen LogP contribution in [0.2, 0.25) is 0 Å². The minimum Gasteiger partial charge on any atom is -0.356 e. The largest absolute Gasteiger partial charge is 0.356 e. The molecule has 1 aromatic rings. The maximum Gasteiger partial charge on any atom is 0.133 e. The second kappa shape index (κ2) is 5.50. The van der Waals surface area contributed by atoms with Crippen LogP contribution in [0.15, 0.2) is 18.3 Å². The van der Waals surface area contributed by atoms with Crippen LogP contribution in [0.1, 0.15) is 44.7 Å². The number of hydrogen-bond acceptors (Lipinski definition) is 3. The lowest BCUT2D eigenvalue weighted by molar-refractivity contribution is 0.529. The Morgan fingerprint density at radius 2 is 2.41 bits per heavy atom. The molecule has 17 heavy (non-hydrogen) atoms. The third kappa shape index (κ3) is 2.78. The average Bonchev–Trinajstić information content (AvgIpc) is 2.78. The first-order valence-electron chi connectivity index (χ1n) is 6.67. The third-order valence-corrected chi connectivity index (χ3v) is 3.59. The lowest BCUT2D eigenvalue weighted by Gasteiger charge is -2.22. The van der Waals surface area contributed by atoms with Gasteiger partial charge in [-0.2, -0.15) is 0 Å². The van der Waals surface area contributed by atoms with Gasteiger partial charge < -0.3 is 10.6 Å². The predicted molar refractivity (Wildman–Crippen MR) is 72.1 cm³/mol. The molecule has 3 heteroatoms. The summed E-state index contributed by atoms with van der Waals surface area (Å²) in [7, 11) is 0. The van der Waals surface area contributed by atoms with Crippen LogP contribution in [0.4, 0.5) is 5.82 Å². The van der Waals surface area contributed by atoms with Crippen molar-refractivity contribution in [3.8, 4) is 0 Å². The van der Waals surface area contributed by atoms with Gasteiger partial charge in [0, 0.05) is 30.9 Å². The molecule has 0 radical (unpaired) electrons. The van der Waals surface area contributed by atoms with Crippen molar-refractivity contribution in [1.29, 1.82) is 0 Å². The van der Waals surface area contributed by atoms with Crippen LogP contribution < -0.4 is 10.6 Å². The van der Waals surface area contributed by atoms with E-state index in [1.165, 1.54) is 24.8 Å². The second-order valence-electron chi connectivity index (χ2n) is 5.09. The Kier molecular flexibility index (Phi) is 4.00. The second-order valence-corrected chi connectivity index (χ2v) is 5.09. The van der Waals surface area contributed by atoms with Gasteiger partial charge in [0.25, 0.3) is 0 Å². The van der Waals surface area contributed by atoms with Gasteiger partial charge in [0.15, 0.2) is 0 Å². The molecule has 1 fully saturated rings. The predicted octanol–water partition coefficient (Wildman–Crippen LogP) is 2.73. The summed E-state index contributed by atoms with van der Waals surface area (Å²) in [6.45, 7) is 6.56. The number of nitrogens with two attached hydrogens (primary N) is 1. The molecule has 1 aliphatic rings. The van der Waals surface area contributed by atoms with E-state index in [4.69, 9.17) is 5.73 Å². The molecule has 0 spiro atoms. The molecule has 0 saturated carbocycles.